The number of aliphatic hydroxyl groups excluding tert-OH is 2. The van der Waals surface area contributed by atoms with Crippen molar-refractivity contribution >= 4 is 35.6 Å². The van der Waals surface area contributed by atoms with Gasteiger partial charge in [-0.25, -0.2) is 15.0 Å². The van der Waals surface area contributed by atoms with Crippen molar-refractivity contribution in [3.63, 3.8) is 0 Å². The van der Waals surface area contributed by atoms with E-state index in [2.05, 4.69) is 27.6 Å². The molecule has 6 N–H and O–H groups in total. The second-order valence-electron chi connectivity index (χ2n) is 6.12. The van der Waals surface area contributed by atoms with Crippen LogP contribution in [-0.2, 0) is 9.53 Å². The average molecular weight is 400 g/mol. The van der Waals surface area contributed by atoms with Crippen LogP contribution in [0.3, 0.4) is 0 Å². The number of ether oxygens (including phenoxy) is 1. The van der Waals surface area contributed by atoms with Crippen molar-refractivity contribution in [3.8, 4) is 0 Å². The summed E-state index contributed by atoms with van der Waals surface area (Å²) >= 11 is 3.97. The van der Waals surface area contributed by atoms with Gasteiger partial charge in [-0.2, -0.15) is 17.7 Å². The summed E-state index contributed by atoms with van der Waals surface area (Å²) in [6, 6.07) is -1.21. The number of aromatic nitrogens is 4. The van der Waals surface area contributed by atoms with Gasteiger partial charge in [-0.1, -0.05) is 0 Å². The molecule has 0 aromatic carbocycles. The number of anilines is 1. The van der Waals surface area contributed by atoms with Crippen LogP contribution in [-0.4, -0.2) is 87.7 Å². The standard InChI is InChI=1S/C14H20N6O6S/c15-11-8-12(17-4-16-11)19(5-18-8)13-10(22)9(21)7(26-13)3-20(25)6(1-2-27)14(23)24/h4-7,9-10,13,21-22,25,27H,1-3H2,(H,23,24)(H2,15,16,17)/t6?,7-,9-,10-,13-/m1/s1. The molecule has 27 heavy (non-hydrogen) atoms. The highest BCUT2D eigenvalue weighted by Gasteiger charge is 2.45. The average Bonchev–Trinajstić information content (AvgIpc) is 3.17. The molecule has 3 heterocycles. The summed E-state index contributed by atoms with van der Waals surface area (Å²) in [4.78, 5) is 23.2. The highest BCUT2D eigenvalue weighted by atomic mass is 32.1. The summed E-state index contributed by atoms with van der Waals surface area (Å²) in [5.41, 5.74) is 6.35. The molecule has 148 valence electrons. The van der Waals surface area contributed by atoms with Crippen LogP contribution >= 0.6 is 12.6 Å². The molecule has 1 aliphatic heterocycles. The number of imidazole rings is 1. The van der Waals surface area contributed by atoms with Crippen LogP contribution in [0.4, 0.5) is 5.82 Å². The zero-order valence-corrected chi connectivity index (χ0v) is 14.9. The maximum Gasteiger partial charge on any atom is 0.323 e. The van der Waals surface area contributed by atoms with Crippen LogP contribution in [0.1, 0.15) is 12.6 Å². The quantitative estimate of drug-likeness (QED) is 0.235. The zero-order chi connectivity index (χ0) is 19.7. The predicted molar refractivity (Wildman–Crippen MR) is 94.0 cm³/mol. The molecule has 0 radical (unpaired) electrons. The van der Waals surface area contributed by atoms with Gasteiger partial charge >= 0.3 is 5.97 Å². The van der Waals surface area contributed by atoms with Crippen molar-refractivity contribution in [2.24, 2.45) is 0 Å². The first-order valence-electron chi connectivity index (χ1n) is 8.09. The predicted octanol–water partition coefficient (Wildman–Crippen LogP) is -1.51. The highest BCUT2D eigenvalue weighted by Crippen LogP contribution is 2.32. The fourth-order valence-corrected chi connectivity index (χ4v) is 3.24. The van der Waals surface area contributed by atoms with Crippen molar-refractivity contribution in [3.05, 3.63) is 12.7 Å². The van der Waals surface area contributed by atoms with E-state index in [0.29, 0.717) is 16.2 Å². The SMILES string of the molecule is Nc1ncnc2c1ncn2[C@@H]1O[C@H](CN(O)C(CCS)C(=O)O)[C@@H](O)[C@H]1O. The number of hydrogen-bond donors (Lipinski definition) is 6. The van der Waals surface area contributed by atoms with Crippen molar-refractivity contribution in [1.29, 1.82) is 0 Å². The maximum atomic E-state index is 11.3. The third-order valence-electron chi connectivity index (χ3n) is 4.41. The first kappa shape index (κ1) is 19.7. The Labute approximate surface area is 158 Å². The monoisotopic (exact) mass is 400 g/mol. The maximum absolute atomic E-state index is 11.3. The lowest BCUT2D eigenvalue weighted by molar-refractivity contribution is -0.183. The van der Waals surface area contributed by atoms with E-state index in [1.54, 1.807) is 0 Å². The molecular formula is C14H20N6O6S. The van der Waals surface area contributed by atoms with E-state index in [0.717, 1.165) is 0 Å². The van der Waals surface area contributed by atoms with Gasteiger partial charge in [0, 0.05) is 0 Å². The fourth-order valence-electron chi connectivity index (χ4n) is 3.00. The molecule has 5 atom stereocenters. The molecule has 2 aromatic rings. The Kier molecular flexibility index (Phi) is 5.78. The van der Waals surface area contributed by atoms with E-state index in [1.165, 1.54) is 17.2 Å². The first-order chi connectivity index (χ1) is 12.8. The zero-order valence-electron chi connectivity index (χ0n) is 14.0. The molecule has 1 unspecified atom stereocenters. The van der Waals surface area contributed by atoms with Crippen LogP contribution in [0.25, 0.3) is 11.2 Å². The summed E-state index contributed by atoms with van der Waals surface area (Å²) in [5.74, 6) is -0.833. The van der Waals surface area contributed by atoms with E-state index in [1.807, 2.05) is 0 Å². The summed E-state index contributed by atoms with van der Waals surface area (Å²) in [5, 5.41) is 40.5. The van der Waals surface area contributed by atoms with Crippen LogP contribution < -0.4 is 5.73 Å². The van der Waals surface area contributed by atoms with Gasteiger partial charge < -0.3 is 31.0 Å². The number of fused-ring (bicyclic) bond motifs is 1. The molecule has 0 spiro atoms. The molecule has 3 rings (SSSR count). The van der Waals surface area contributed by atoms with E-state index in [-0.39, 0.29) is 24.5 Å². The number of nitrogen functional groups attached to an aromatic ring is 1. The number of carbonyl (C=O) groups is 1. The van der Waals surface area contributed by atoms with Crippen molar-refractivity contribution in [2.45, 2.75) is 37.0 Å². The normalized spacial score (nSPS) is 26.7. The van der Waals surface area contributed by atoms with Crippen molar-refractivity contribution in [1.82, 2.24) is 24.6 Å². The van der Waals surface area contributed by atoms with Gasteiger partial charge in [-0.15, -0.1) is 0 Å². The number of thiol groups is 1. The summed E-state index contributed by atoms with van der Waals surface area (Å²) in [7, 11) is 0. The minimum absolute atomic E-state index is 0.0894. The van der Waals surface area contributed by atoms with E-state index in [4.69, 9.17) is 10.5 Å². The van der Waals surface area contributed by atoms with Crippen molar-refractivity contribution in [2.75, 3.05) is 18.0 Å². The third kappa shape index (κ3) is 3.69. The molecule has 2 aromatic heterocycles. The topological polar surface area (TPSA) is 180 Å². The summed E-state index contributed by atoms with van der Waals surface area (Å²) in [6.45, 7) is -0.330. The number of nitrogens with two attached hydrogens (primary N) is 1. The largest absolute Gasteiger partial charge is 0.480 e. The number of hydroxylamine groups is 2. The number of carboxylic acids is 1. The van der Waals surface area contributed by atoms with Gasteiger partial charge in [-0.05, 0) is 12.2 Å². The van der Waals surface area contributed by atoms with Gasteiger partial charge in [-0.3, -0.25) is 9.36 Å². The lowest BCUT2D eigenvalue weighted by Crippen LogP contribution is -2.46. The number of carboxylic acid groups (broad SMARTS) is 1. The van der Waals surface area contributed by atoms with Gasteiger partial charge in [0.2, 0.25) is 0 Å². The fraction of sp³-hybridized carbons (Fsp3) is 0.571. The Morgan fingerprint density at radius 3 is 2.78 bits per heavy atom. The second-order valence-corrected chi connectivity index (χ2v) is 6.56. The van der Waals surface area contributed by atoms with Gasteiger partial charge in [0.1, 0.15) is 36.2 Å². The van der Waals surface area contributed by atoms with E-state index in [9.17, 15) is 25.3 Å². The van der Waals surface area contributed by atoms with Crippen LogP contribution in [0.5, 0.6) is 0 Å². The van der Waals surface area contributed by atoms with Crippen molar-refractivity contribution < 1.29 is 30.1 Å². The number of aliphatic carboxylic acids is 1. The number of aliphatic hydroxyl groups is 2. The smallest absolute Gasteiger partial charge is 0.323 e. The van der Waals surface area contributed by atoms with Crippen LogP contribution in [0.2, 0.25) is 0 Å². The molecule has 0 saturated carbocycles. The molecular weight excluding hydrogens is 380 g/mol. The molecule has 0 aliphatic carbocycles. The molecule has 1 fully saturated rings. The van der Waals surface area contributed by atoms with Gasteiger partial charge in [0.05, 0.1) is 12.9 Å². The number of nitrogens with zero attached hydrogens (tertiary/aromatic N) is 5. The van der Waals surface area contributed by atoms with E-state index >= 15 is 0 Å². The third-order valence-corrected chi connectivity index (χ3v) is 4.67. The Morgan fingerprint density at radius 2 is 2.11 bits per heavy atom. The Hall–Kier alpha value is -2.03. The Balaban J connectivity index is 1.79. The molecule has 0 amide bonds. The molecule has 0 bridgehead atoms. The Bertz CT molecular complexity index is 820. The highest BCUT2D eigenvalue weighted by molar-refractivity contribution is 7.80. The Morgan fingerprint density at radius 1 is 1.37 bits per heavy atom. The number of hydrogen-bond acceptors (Lipinski definition) is 11. The van der Waals surface area contributed by atoms with E-state index < -0.39 is 36.6 Å². The van der Waals surface area contributed by atoms with Gasteiger partial charge in [0.15, 0.2) is 17.7 Å². The molecule has 12 nitrogen and oxygen atoms in total. The molecule has 1 saturated heterocycles. The lowest BCUT2D eigenvalue weighted by Gasteiger charge is -2.25. The summed E-state index contributed by atoms with van der Waals surface area (Å²) < 4.78 is 7.06. The minimum Gasteiger partial charge on any atom is -0.480 e. The summed E-state index contributed by atoms with van der Waals surface area (Å²) in [6.07, 6.45) is -2.16. The van der Waals surface area contributed by atoms with Crippen LogP contribution in [0, 0.1) is 0 Å². The first-order valence-corrected chi connectivity index (χ1v) is 8.72. The molecule has 1 aliphatic rings. The second kappa shape index (κ2) is 7.92. The molecule has 13 heteroatoms. The minimum atomic E-state index is -1.37. The number of rotatable bonds is 7. The lowest BCUT2D eigenvalue weighted by atomic mass is 10.1. The van der Waals surface area contributed by atoms with Crippen LogP contribution in [0.15, 0.2) is 12.7 Å². The van der Waals surface area contributed by atoms with Gasteiger partial charge in [0.25, 0.3) is 0 Å².